The zero-order chi connectivity index (χ0) is 14.2. The SMILES string of the molecule is CC(Cn1c(CCl)nc2c(F)cc(F)cc21)N(C)C. The molecule has 1 aromatic carbocycles. The molecule has 2 rings (SSSR count). The van der Waals surface area contributed by atoms with Crippen molar-refractivity contribution in [2.24, 2.45) is 0 Å². The second kappa shape index (κ2) is 5.43. The molecule has 19 heavy (non-hydrogen) atoms. The maximum absolute atomic E-state index is 13.7. The summed E-state index contributed by atoms with van der Waals surface area (Å²) in [6, 6.07) is 2.34. The Morgan fingerprint density at radius 2 is 2.05 bits per heavy atom. The molecule has 0 N–H and O–H groups in total. The Morgan fingerprint density at radius 1 is 1.37 bits per heavy atom. The van der Waals surface area contributed by atoms with Gasteiger partial charge < -0.3 is 9.47 Å². The smallest absolute Gasteiger partial charge is 0.153 e. The van der Waals surface area contributed by atoms with E-state index in [0.29, 0.717) is 17.9 Å². The molecule has 2 aromatic rings. The van der Waals surface area contributed by atoms with Gasteiger partial charge in [0.05, 0.1) is 11.4 Å². The van der Waals surface area contributed by atoms with Gasteiger partial charge in [-0.1, -0.05) is 0 Å². The third kappa shape index (κ3) is 2.72. The molecule has 6 heteroatoms. The van der Waals surface area contributed by atoms with Gasteiger partial charge in [0.15, 0.2) is 5.82 Å². The summed E-state index contributed by atoms with van der Waals surface area (Å²) in [5, 5.41) is 0. The van der Waals surface area contributed by atoms with Crippen molar-refractivity contribution >= 4 is 22.6 Å². The van der Waals surface area contributed by atoms with E-state index in [4.69, 9.17) is 11.6 Å². The third-order valence-electron chi connectivity index (χ3n) is 3.30. The Bertz CT molecular complexity index is 595. The first-order valence-electron chi connectivity index (χ1n) is 6.00. The lowest BCUT2D eigenvalue weighted by atomic mass is 10.2. The molecule has 0 radical (unpaired) electrons. The Labute approximate surface area is 115 Å². The van der Waals surface area contributed by atoms with Gasteiger partial charge in [-0.3, -0.25) is 0 Å². The molecule has 104 valence electrons. The lowest BCUT2D eigenvalue weighted by molar-refractivity contribution is 0.284. The predicted molar refractivity (Wildman–Crippen MR) is 72.4 cm³/mol. The molecule has 0 aliphatic rings. The van der Waals surface area contributed by atoms with E-state index in [2.05, 4.69) is 4.98 Å². The van der Waals surface area contributed by atoms with E-state index < -0.39 is 11.6 Å². The fourth-order valence-electron chi connectivity index (χ4n) is 1.93. The van der Waals surface area contributed by atoms with Crippen LogP contribution in [0.4, 0.5) is 8.78 Å². The van der Waals surface area contributed by atoms with Crippen molar-refractivity contribution in [2.45, 2.75) is 25.4 Å². The van der Waals surface area contributed by atoms with Gasteiger partial charge in [0.2, 0.25) is 0 Å². The number of imidazole rings is 1. The molecule has 0 saturated heterocycles. The monoisotopic (exact) mass is 287 g/mol. The highest BCUT2D eigenvalue weighted by atomic mass is 35.5. The normalized spacial score (nSPS) is 13.4. The predicted octanol–water partition coefficient (Wildman–Crippen LogP) is 3.00. The standard InChI is InChI=1S/C13H16ClF2N3/c1-8(18(2)3)7-19-11-5-9(15)4-10(16)13(11)17-12(19)6-14/h4-5,8H,6-7H2,1-3H3. The van der Waals surface area contributed by atoms with Crippen LogP contribution in [0.1, 0.15) is 12.7 Å². The van der Waals surface area contributed by atoms with E-state index in [-0.39, 0.29) is 17.4 Å². The minimum atomic E-state index is -0.655. The molecule has 0 spiro atoms. The average Bonchev–Trinajstić information content (AvgIpc) is 2.67. The van der Waals surface area contributed by atoms with Crippen LogP contribution >= 0.6 is 11.6 Å². The highest BCUT2D eigenvalue weighted by Gasteiger charge is 2.17. The van der Waals surface area contributed by atoms with Crippen LogP contribution in [0.25, 0.3) is 11.0 Å². The lowest BCUT2D eigenvalue weighted by Gasteiger charge is -2.21. The molecule has 1 aromatic heterocycles. The van der Waals surface area contributed by atoms with E-state index in [9.17, 15) is 8.78 Å². The summed E-state index contributed by atoms with van der Waals surface area (Å²) in [4.78, 5) is 6.18. The topological polar surface area (TPSA) is 21.1 Å². The number of fused-ring (bicyclic) bond motifs is 1. The summed E-state index contributed by atoms with van der Waals surface area (Å²) >= 11 is 5.85. The molecule has 0 aliphatic heterocycles. The van der Waals surface area contributed by atoms with Gasteiger partial charge in [-0.25, -0.2) is 13.8 Å². The van der Waals surface area contributed by atoms with E-state index in [1.807, 2.05) is 25.9 Å². The van der Waals surface area contributed by atoms with Crippen LogP contribution in [0.15, 0.2) is 12.1 Å². The summed E-state index contributed by atoms with van der Waals surface area (Å²) in [5.41, 5.74) is 0.616. The number of halogens is 3. The molecular weight excluding hydrogens is 272 g/mol. The summed E-state index contributed by atoms with van der Waals surface area (Å²) < 4.78 is 28.8. The van der Waals surface area contributed by atoms with Crippen molar-refractivity contribution in [2.75, 3.05) is 14.1 Å². The van der Waals surface area contributed by atoms with Crippen molar-refractivity contribution in [3.05, 3.63) is 29.6 Å². The quantitative estimate of drug-likeness (QED) is 0.806. The van der Waals surface area contributed by atoms with Crippen molar-refractivity contribution in [1.29, 1.82) is 0 Å². The number of rotatable bonds is 4. The Kier molecular flexibility index (Phi) is 4.06. The van der Waals surface area contributed by atoms with Crippen LogP contribution in [0, 0.1) is 11.6 Å². The maximum Gasteiger partial charge on any atom is 0.153 e. The van der Waals surface area contributed by atoms with Gasteiger partial charge >= 0.3 is 0 Å². The molecular formula is C13H16ClF2N3. The zero-order valence-corrected chi connectivity index (χ0v) is 11.9. The van der Waals surface area contributed by atoms with E-state index in [0.717, 1.165) is 6.07 Å². The van der Waals surface area contributed by atoms with Crippen LogP contribution in [-0.2, 0) is 12.4 Å². The molecule has 0 saturated carbocycles. The summed E-state index contributed by atoms with van der Waals surface area (Å²) in [5.74, 6) is -0.548. The number of likely N-dealkylation sites (N-methyl/N-ethyl adjacent to an activating group) is 1. The number of benzene rings is 1. The number of nitrogens with zero attached hydrogens (tertiary/aromatic N) is 3. The van der Waals surface area contributed by atoms with Crippen molar-refractivity contribution < 1.29 is 8.78 Å². The minimum Gasteiger partial charge on any atom is -0.325 e. The van der Waals surface area contributed by atoms with E-state index >= 15 is 0 Å². The van der Waals surface area contributed by atoms with Gasteiger partial charge in [-0.05, 0) is 27.1 Å². The maximum atomic E-state index is 13.7. The highest BCUT2D eigenvalue weighted by Crippen LogP contribution is 2.22. The zero-order valence-electron chi connectivity index (χ0n) is 11.1. The van der Waals surface area contributed by atoms with Gasteiger partial charge in [-0.2, -0.15) is 0 Å². The van der Waals surface area contributed by atoms with Gasteiger partial charge in [-0.15, -0.1) is 11.6 Å². The summed E-state index contributed by atoms with van der Waals surface area (Å²) in [6.45, 7) is 2.61. The first-order chi connectivity index (χ1) is 8.93. The highest BCUT2D eigenvalue weighted by molar-refractivity contribution is 6.16. The Balaban J connectivity index is 2.57. The fourth-order valence-corrected chi connectivity index (χ4v) is 2.13. The first-order valence-corrected chi connectivity index (χ1v) is 6.54. The van der Waals surface area contributed by atoms with Gasteiger partial charge in [0.25, 0.3) is 0 Å². The van der Waals surface area contributed by atoms with Crippen LogP contribution in [-0.4, -0.2) is 34.6 Å². The molecule has 3 nitrogen and oxygen atoms in total. The Morgan fingerprint density at radius 3 is 2.63 bits per heavy atom. The molecule has 0 fully saturated rings. The number of hydrogen-bond acceptors (Lipinski definition) is 2. The summed E-state index contributed by atoms with van der Waals surface area (Å²) in [7, 11) is 3.90. The van der Waals surface area contributed by atoms with Crippen LogP contribution in [0.5, 0.6) is 0 Å². The van der Waals surface area contributed by atoms with Gasteiger partial charge in [0, 0.05) is 18.7 Å². The third-order valence-corrected chi connectivity index (χ3v) is 3.54. The number of aromatic nitrogens is 2. The summed E-state index contributed by atoms with van der Waals surface area (Å²) in [6.07, 6.45) is 0. The molecule has 1 unspecified atom stereocenters. The van der Waals surface area contributed by atoms with Crippen molar-refractivity contribution in [1.82, 2.24) is 14.5 Å². The van der Waals surface area contributed by atoms with E-state index in [1.54, 1.807) is 4.57 Å². The van der Waals surface area contributed by atoms with Crippen LogP contribution < -0.4 is 0 Å². The lowest BCUT2D eigenvalue weighted by Crippen LogP contribution is -2.29. The van der Waals surface area contributed by atoms with Crippen LogP contribution in [0.3, 0.4) is 0 Å². The number of alkyl halides is 1. The number of hydrogen-bond donors (Lipinski definition) is 0. The van der Waals surface area contributed by atoms with Gasteiger partial charge in [0.1, 0.15) is 17.2 Å². The van der Waals surface area contributed by atoms with Crippen LogP contribution in [0.2, 0.25) is 0 Å². The molecule has 1 heterocycles. The molecule has 0 bridgehead atoms. The van der Waals surface area contributed by atoms with Crippen molar-refractivity contribution in [3.63, 3.8) is 0 Å². The molecule has 1 atom stereocenters. The largest absolute Gasteiger partial charge is 0.325 e. The second-order valence-electron chi connectivity index (χ2n) is 4.84. The Hall–Kier alpha value is -1.20. The fraction of sp³-hybridized carbons (Fsp3) is 0.462. The van der Waals surface area contributed by atoms with E-state index in [1.165, 1.54) is 6.07 Å². The average molecular weight is 288 g/mol. The minimum absolute atomic E-state index is 0.163. The molecule has 0 amide bonds. The molecule has 0 aliphatic carbocycles. The second-order valence-corrected chi connectivity index (χ2v) is 5.11. The van der Waals surface area contributed by atoms with Crippen molar-refractivity contribution in [3.8, 4) is 0 Å². The first kappa shape index (κ1) is 14.2.